The summed E-state index contributed by atoms with van der Waals surface area (Å²) in [7, 11) is 0. The maximum absolute atomic E-state index is 13.1. The summed E-state index contributed by atoms with van der Waals surface area (Å²) in [5.41, 5.74) is 2.13. The molecule has 2 unspecified atom stereocenters. The maximum Gasteiger partial charge on any atom is 0.230 e. The molecule has 0 saturated heterocycles. The summed E-state index contributed by atoms with van der Waals surface area (Å²) in [6.45, 7) is 4.39. The number of benzene rings is 1. The topological polar surface area (TPSA) is 29.1 Å². The molecule has 4 bridgehead atoms. The van der Waals surface area contributed by atoms with Gasteiger partial charge < -0.3 is 5.32 Å². The first-order valence-electron chi connectivity index (χ1n) is 8.98. The van der Waals surface area contributed by atoms with Gasteiger partial charge in [-0.05, 0) is 74.0 Å². The molecule has 1 aromatic carbocycles. The van der Waals surface area contributed by atoms with Gasteiger partial charge in [0.2, 0.25) is 5.91 Å². The van der Waals surface area contributed by atoms with Gasteiger partial charge in [0.25, 0.3) is 0 Å². The lowest BCUT2D eigenvalue weighted by Crippen LogP contribution is -2.57. The normalized spacial score (nSPS) is 38.1. The average molecular weight is 376 g/mol. The fraction of sp³-hybridized carbons (Fsp3) is 0.650. The van der Waals surface area contributed by atoms with E-state index >= 15 is 0 Å². The van der Waals surface area contributed by atoms with Crippen LogP contribution in [0.4, 0.5) is 5.69 Å². The van der Waals surface area contributed by atoms with Crippen LogP contribution in [0.1, 0.15) is 63.9 Å². The van der Waals surface area contributed by atoms with Crippen LogP contribution in [0.15, 0.2) is 24.3 Å². The molecule has 4 aliphatic carbocycles. The number of nitrogens with one attached hydrogen (secondary N) is 1. The Kier molecular flexibility index (Phi) is 3.64. The lowest BCUT2D eigenvalue weighted by molar-refractivity contribution is -0.138. The van der Waals surface area contributed by atoms with Crippen molar-refractivity contribution in [3.63, 3.8) is 0 Å². The van der Waals surface area contributed by atoms with Crippen molar-refractivity contribution in [2.24, 2.45) is 17.3 Å². The van der Waals surface area contributed by atoms with Gasteiger partial charge in [0.15, 0.2) is 0 Å². The number of halogens is 1. The Bertz CT molecular complexity index is 607. The predicted octanol–water partition coefficient (Wildman–Crippen LogP) is 5.48. The van der Waals surface area contributed by atoms with Crippen LogP contribution in [-0.2, 0) is 4.79 Å². The van der Waals surface area contributed by atoms with Gasteiger partial charge in [-0.2, -0.15) is 0 Å². The van der Waals surface area contributed by atoms with Gasteiger partial charge in [0.05, 0.1) is 5.41 Å². The quantitative estimate of drug-likeness (QED) is 0.695. The Morgan fingerprint density at radius 3 is 2.26 bits per heavy atom. The minimum atomic E-state index is -0.135. The second-order valence-electron chi connectivity index (χ2n) is 8.62. The molecule has 1 N–H and O–H groups in total. The number of carbonyl (C=O) groups excluding carboxylic acids is 1. The minimum Gasteiger partial charge on any atom is -0.326 e. The van der Waals surface area contributed by atoms with Crippen molar-refractivity contribution in [1.82, 2.24) is 0 Å². The van der Waals surface area contributed by atoms with Gasteiger partial charge in [0.1, 0.15) is 0 Å². The molecular formula is C20H26BrNO. The van der Waals surface area contributed by atoms with Crippen molar-refractivity contribution in [1.29, 1.82) is 0 Å². The van der Waals surface area contributed by atoms with E-state index in [1.54, 1.807) is 0 Å². The Morgan fingerprint density at radius 2 is 1.74 bits per heavy atom. The summed E-state index contributed by atoms with van der Waals surface area (Å²) in [6.07, 6.45) is 7.07. The Hall–Kier alpha value is -0.830. The third-order valence-corrected chi connectivity index (χ3v) is 7.23. The van der Waals surface area contributed by atoms with Gasteiger partial charge in [-0.1, -0.05) is 41.9 Å². The summed E-state index contributed by atoms with van der Waals surface area (Å²) < 4.78 is 0.232. The van der Waals surface area contributed by atoms with Gasteiger partial charge in [-0.25, -0.2) is 0 Å². The lowest BCUT2D eigenvalue weighted by Gasteiger charge is -2.59. The minimum absolute atomic E-state index is 0.135. The van der Waals surface area contributed by atoms with Crippen molar-refractivity contribution >= 4 is 27.5 Å². The third kappa shape index (κ3) is 2.75. The Morgan fingerprint density at radius 1 is 1.13 bits per heavy atom. The van der Waals surface area contributed by atoms with Crippen LogP contribution in [0, 0.1) is 17.3 Å². The van der Waals surface area contributed by atoms with E-state index in [1.165, 1.54) is 24.8 Å². The van der Waals surface area contributed by atoms with Gasteiger partial charge in [-0.15, -0.1) is 0 Å². The van der Waals surface area contributed by atoms with Crippen LogP contribution in [0.3, 0.4) is 0 Å². The molecular weight excluding hydrogens is 350 g/mol. The van der Waals surface area contributed by atoms with Crippen LogP contribution < -0.4 is 5.32 Å². The van der Waals surface area contributed by atoms with E-state index in [4.69, 9.17) is 0 Å². The van der Waals surface area contributed by atoms with E-state index in [0.717, 1.165) is 36.8 Å². The summed E-state index contributed by atoms with van der Waals surface area (Å²) in [6, 6.07) is 8.37. The summed E-state index contributed by atoms with van der Waals surface area (Å²) in [5, 5.41) is 3.22. The van der Waals surface area contributed by atoms with Gasteiger partial charge >= 0.3 is 0 Å². The van der Waals surface area contributed by atoms with E-state index < -0.39 is 0 Å². The number of amides is 1. The number of anilines is 1. The fourth-order valence-electron chi connectivity index (χ4n) is 5.63. The highest BCUT2D eigenvalue weighted by Gasteiger charge is 2.59. The molecule has 1 amide bonds. The zero-order chi connectivity index (χ0) is 16.2. The monoisotopic (exact) mass is 375 g/mol. The molecule has 124 valence electrons. The molecule has 4 aliphatic rings. The molecule has 0 aromatic heterocycles. The van der Waals surface area contributed by atoms with E-state index in [9.17, 15) is 4.79 Å². The standard InChI is InChI=1S/C20H26BrNO/c1-13(2)16-3-5-17(6-4-16)22-18(23)19-8-14-7-15(9-19)11-20(21,10-14)12-19/h3-6,13-15H,7-12H2,1-2H3,(H,22,23)/t14-,15+,19?,20?. The summed E-state index contributed by atoms with van der Waals surface area (Å²) >= 11 is 3.99. The lowest BCUT2D eigenvalue weighted by atomic mass is 9.49. The van der Waals surface area contributed by atoms with Crippen molar-refractivity contribution < 1.29 is 4.79 Å². The third-order valence-electron chi connectivity index (χ3n) is 6.31. The molecule has 0 aliphatic heterocycles. The highest BCUT2D eigenvalue weighted by Crippen LogP contribution is 2.64. The number of alkyl halides is 1. The van der Waals surface area contributed by atoms with E-state index in [2.05, 4.69) is 59.4 Å². The second-order valence-corrected chi connectivity index (χ2v) is 10.3. The molecule has 4 atom stereocenters. The molecule has 0 radical (unpaired) electrons. The molecule has 3 heteroatoms. The predicted molar refractivity (Wildman–Crippen MR) is 97.9 cm³/mol. The van der Waals surface area contributed by atoms with Gasteiger partial charge in [-0.3, -0.25) is 4.79 Å². The molecule has 1 aromatic rings. The van der Waals surface area contributed by atoms with Crippen molar-refractivity contribution in [3.8, 4) is 0 Å². The molecule has 4 saturated carbocycles. The Balaban J connectivity index is 1.53. The first kappa shape index (κ1) is 15.7. The second kappa shape index (κ2) is 5.34. The highest BCUT2D eigenvalue weighted by atomic mass is 79.9. The zero-order valence-electron chi connectivity index (χ0n) is 14.1. The SMILES string of the molecule is CC(C)c1ccc(NC(=O)C23C[C@@H]4C[C@@H](CC(Br)(C4)C2)C3)cc1. The van der Waals surface area contributed by atoms with E-state index in [0.29, 0.717) is 5.92 Å². The van der Waals surface area contributed by atoms with Crippen LogP contribution in [0.5, 0.6) is 0 Å². The first-order chi connectivity index (χ1) is 10.9. The van der Waals surface area contributed by atoms with Crippen LogP contribution in [0.2, 0.25) is 0 Å². The molecule has 2 nitrogen and oxygen atoms in total. The highest BCUT2D eigenvalue weighted by molar-refractivity contribution is 9.10. The van der Waals surface area contributed by atoms with Crippen LogP contribution >= 0.6 is 15.9 Å². The molecule has 0 spiro atoms. The molecule has 4 fully saturated rings. The molecule has 23 heavy (non-hydrogen) atoms. The first-order valence-corrected chi connectivity index (χ1v) is 9.77. The number of carbonyl (C=O) groups is 1. The van der Waals surface area contributed by atoms with E-state index in [1.807, 2.05) is 0 Å². The Labute approximate surface area is 147 Å². The van der Waals surface area contributed by atoms with Crippen molar-refractivity contribution in [2.45, 2.75) is 62.6 Å². The maximum atomic E-state index is 13.1. The summed E-state index contributed by atoms with van der Waals surface area (Å²) in [4.78, 5) is 13.1. The number of hydrogen-bond acceptors (Lipinski definition) is 1. The van der Waals surface area contributed by atoms with Crippen molar-refractivity contribution in [3.05, 3.63) is 29.8 Å². The average Bonchev–Trinajstić information content (AvgIpc) is 2.45. The molecule has 5 rings (SSSR count). The van der Waals surface area contributed by atoms with Gasteiger partial charge in [0, 0.05) is 10.0 Å². The molecule has 0 heterocycles. The van der Waals surface area contributed by atoms with Crippen molar-refractivity contribution in [2.75, 3.05) is 5.32 Å². The fourth-order valence-corrected chi connectivity index (χ4v) is 7.08. The largest absolute Gasteiger partial charge is 0.326 e. The number of hydrogen-bond donors (Lipinski definition) is 1. The van der Waals surface area contributed by atoms with E-state index in [-0.39, 0.29) is 15.6 Å². The van der Waals surface area contributed by atoms with Crippen LogP contribution in [0.25, 0.3) is 0 Å². The summed E-state index contributed by atoms with van der Waals surface area (Å²) in [5.74, 6) is 2.26. The van der Waals surface area contributed by atoms with Crippen LogP contribution in [-0.4, -0.2) is 10.2 Å². The smallest absolute Gasteiger partial charge is 0.230 e. The zero-order valence-corrected chi connectivity index (χ0v) is 15.7. The number of rotatable bonds is 3.